The molecule has 0 aromatic heterocycles. The SMILES string of the molecule is COc1ccc(CCN2C(=O)[C@H]3C(C(=O)Nc4ccc(C)c(Cl)c4)[C@H]4C=CC3(O4)C2C(=O)NC2CCCCC2)cc1OC. The zero-order chi connectivity index (χ0) is 30.3. The van der Waals surface area contributed by atoms with Gasteiger partial charge in [0, 0.05) is 23.3 Å². The van der Waals surface area contributed by atoms with Crippen molar-refractivity contribution in [3.05, 3.63) is 64.7 Å². The maximum atomic E-state index is 14.3. The van der Waals surface area contributed by atoms with Crippen molar-refractivity contribution in [2.24, 2.45) is 11.8 Å². The van der Waals surface area contributed by atoms with Crippen LogP contribution in [0.25, 0.3) is 0 Å². The van der Waals surface area contributed by atoms with Crippen LogP contribution >= 0.6 is 11.6 Å². The van der Waals surface area contributed by atoms with Crippen molar-refractivity contribution in [3.8, 4) is 11.5 Å². The smallest absolute Gasteiger partial charge is 0.246 e. The Morgan fingerprint density at radius 1 is 1.05 bits per heavy atom. The summed E-state index contributed by atoms with van der Waals surface area (Å²) in [5.74, 6) is -1.22. The zero-order valence-electron chi connectivity index (χ0n) is 24.7. The predicted octanol–water partition coefficient (Wildman–Crippen LogP) is 4.45. The lowest BCUT2D eigenvalue weighted by Gasteiger charge is -2.34. The summed E-state index contributed by atoms with van der Waals surface area (Å²) in [4.78, 5) is 43.7. The summed E-state index contributed by atoms with van der Waals surface area (Å²) in [5.41, 5.74) is 1.15. The van der Waals surface area contributed by atoms with Crippen LogP contribution < -0.4 is 20.1 Å². The molecule has 3 amide bonds. The number of likely N-dealkylation sites (tertiary alicyclic amines) is 1. The molecule has 1 spiro atoms. The molecule has 43 heavy (non-hydrogen) atoms. The summed E-state index contributed by atoms with van der Waals surface area (Å²) in [6, 6.07) is 10.1. The molecule has 1 aliphatic carbocycles. The van der Waals surface area contributed by atoms with Crippen LogP contribution in [-0.2, 0) is 25.5 Å². The molecule has 3 heterocycles. The standard InChI is InChI=1S/C33H38ClN3O6/c1-19-9-11-22(18-23(19)34)36-30(38)27-25-13-15-33(43-25)28(27)32(40)37(29(33)31(39)35-21-7-5-4-6-8-21)16-14-20-10-12-24(41-2)26(17-20)42-3/h9-13,15,17-18,21,25,27-29H,4-8,14,16H2,1-3H3,(H,35,39)(H,36,38)/t25-,27?,28-,29?,33?/m1/s1. The lowest BCUT2D eigenvalue weighted by molar-refractivity contribution is -0.141. The number of nitrogens with one attached hydrogen (secondary N) is 2. The van der Waals surface area contributed by atoms with E-state index in [1.807, 2.05) is 43.3 Å². The minimum atomic E-state index is -1.22. The minimum Gasteiger partial charge on any atom is -0.493 e. The van der Waals surface area contributed by atoms with E-state index in [1.54, 1.807) is 31.3 Å². The highest BCUT2D eigenvalue weighted by molar-refractivity contribution is 6.31. The van der Waals surface area contributed by atoms with E-state index in [2.05, 4.69) is 10.6 Å². The fourth-order valence-corrected chi connectivity index (χ4v) is 7.40. The first-order valence-corrected chi connectivity index (χ1v) is 15.4. The lowest BCUT2D eigenvalue weighted by Crippen LogP contribution is -2.56. The highest BCUT2D eigenvalue weighted by Crippen LogP contribution is 2.55. The average molecular weight is 608 g/mol. The summed E-state index contributed by atoms with van der Waals surface area (Å²) >= 11 is 6.30. The fraction of sp³-hybridized carbons (Fsp3) is 0.485. The van der Waals surface area contributed by atoms with E-state index in [0.717, 1.165) is 43.2 Å². The first-order chi connectivity index (χ1) is 20.8. The lowest BCUT2D eigenvalue weighted by atomic mass is 9.74. The van der Waals surface area contributed by atoms with Gasteiger partial charge in [-0.05, 0) is 61.6 Å². The van der Waals surface area contributed by atoms with Gasteiger partial charge in [-0.25, -0.2) is 0 Å². The van der Waals surface area contributed by atoms with Crippen molar-refractivity contribution >= 4 is 35.0 Å². The normalized spacial score (nSPS) is 27.7. The van der Waals surface area contributed by atoms with Gasteiger partial charge < -0.3 is 29.7 Å². The molecular weight excluding hydrogens is 570 g/mol. The number of carbonyl (C=O) groups excluding carboxylic acids is 3. The number of benzene rings is 2. The van der Waals surface area contributed by atoms with Gasteiger partial charge in [0.05, 0.1) is 32.2 Å². The van der Waals surface area contributed by atoms with Crippen LogP contribution in [0.2, 0.25) is 5.02 Å². The number of anilines is 1. The highest BCUT2D eigenvalue weighted by atomic mass is 35.5. The Morgan fingerprint density at radius 2 is 1.81 bits per heavy atom. The molecule has 3 fully saturated rings. The van der Waals surface area contributed by atoms with E-state index < -0.39 is 29.6 Å². The van der Waals surface area contributed by atoms with Gasteiger partial charge in [-0.1, -0.05) is 55.1 Å². The third-order valence-electron chi connectivity index (χ3n) is 9.41. The number of carbonyl (C=O) groups is 3. The molecule has 9 nitrogen and oxygen atoms in total. The summed E-state index contributed by atoms with van der Waals surface area (Å²) in [7, 11) is 3.16. The number of amides is 3. The topological polar surface area (TPSA) is 106 Å². The second kappa shape index (κ2) is 11.8. The minimum absolute atomic E-state index is 0.0625. The van der Waals surface area contributed by atoms with Gasteiger partial charge in [0.15, 0.2) is 11.5 Å². The van der Waals surface area contributed by atoms with Crippen LogP contribution in [0.5, 0.6) is 11.5 Å². The molecule has 2 N–H and O–H groups in total. The Morgan fingerprint density at radius 3 is 2.53 bits per heavy atom. The monoisotopic (exact) mass is 607 g/mol. The molecule has 6 rings (SSSR count). The average Bonchev–Trinajstić information content (AvgIpc) is 3.65. The van der Waals surface area contributed by atoms with Crippen LogP contribution in [0.4, 0.5) is 5.69 Å². The Balaban J connectivity index is 1.29. The summed E-state index contributed by atoms with van der Waals surface area (Å²) in [6.07, 6.45) is 8.67. The largest absolute Gasteiger partial charge is 0.493 e. The summed E-state index contributed by atoms with van der Waals surface area (Å²) < 4.78 is 17.3. The molecule has 3 aliphatic heterocycles. The van der Waals surface area contributed by atoms with Crippen molar-refractivity contribution in [1.29, 1.82) is 0 Å². The number of nitrogens with zero attached hydrogens (tertiary/aromatic N) is 1. The number of methoxy groups -OCH3 is 2. The molecule has 2 bridgehead atoms. The molecule has 1 saturated carbocycles. The molecule has 228 valence electrons. The summed E-state index contributed by atoms with van der Waals surface area (Å²) in [6.45, 7) is 2.16. The van der Waals surface area contributed by atoms with Crippen molar-refractivity contribution in [2.75, 3.05) is 26.1 Å². The number of hydrogen-bond donors (Lipinski definition) is 2. The molecule has 2 aromatic rings. The Hall–Kier alpha value is -3.56. The van der Waals surface area contributed by atoms with Crippen molar-refractivity contribution in [2.45, 2.75) is 69.2 Å². The Bertz CT molecular complexity index is 1460. The van der Waals surface area contributed by atoms with Gasteiger partial charge in [-0.15, -0.1) is 0 Å². The zero-order valence-corrected chi connectivity index (χ0v) is 25.5. The maximum Gasteiger partial charge on any atom is 0.246 e. The molecule has 0 radical (unpaired) electrons. The van der Waals surface area contributed by atoms with Crippen molar-refractivity contribution in [1.82, 2.24) is 10.2 Å². The number of aryl methyl sites for hydroxylation is 1. The predicted molar refractivity (Wildman–Crippen MR) is 162 cm³/mol. The van der Waals surface area contributed by atoms with Crippen LogP contribution in [0.15, 0.2) is 48.6 Å². The first kappa shape index (κ1) is 29.5. The second-order valence-electron chi connectivity index (χ2n) is 12.0. The number of fused-ring (bicyclic) bond motifs is 1. The first-order valence-electron chi connectivity index (χ1n) is 15.0. The van der Waals surface area contributed by atoms with E-state index in [-0.39, 0.29) is 30.3 Å². The van der Waals surface area contributed by atoms with E-state index in [9.17, 15) is 14.4 Å². The molecule has 3 unspecified atom stereocenters. The highest BCUT2D eigenvalue weighted by Gasteiger charge is 2.72. The maximum absolute atomic E-state index is 14.3. The number of halogens is 1. The van der Waals surface area contributed by atoms with E-state index in [0.29, 0.717) is 28.6 Å². The van der Waals surface area contributed by atoms with Gasteiger partial charge in [0.25, 0.3) is 0 Å². The van der Waals surface area contributed by atoms with E-state index >= 15 is 0 Å². The van der Waals surface area contributed by atoms with E-state index in [4.69, 9.17) is 25.8 Å². The quantitative estimate of drug-likeness (QED) is 0.408. The van der Waals surface area contributed by atoms with Crippen molar-refractivity contribution in [3.63, 3.8) is 0 Å². The van der Waals surface area contributed by atoms with Crippen LogP contribution in [0.1, 0.15) is 43.2 Å². The number of rotatable bonds is 9. The van der Waals surface area contributed by atoms with Crippen LogP contribution in [0.3, 0.4) is 0 Å². The number of hydrogen-bond acceptors (Lipinski definition) is 6. The molecule has 4 aliphatic rings. The Labute approximate surface area is 256 Å². The molecular formula is C33H38ClN3O6. The molecule has 2 aromatic carbocycles. The Kier molecular flexibility index (Phi) is 8.13. The number of ether oxygens (including phenoxy) is 3. The third kappa shape index (κ3) is 5.27. The molecule has 10 heteroatoms. The van der Waals surface area contributed by atoms with Gasteiger partial charge >= 0.3 is 0 Å². The van der Waals surface area contributed by atoms with Gasteiger partial charge in [0.1, 0.15) is 11.6 Å². The second-order valence-corrected chi connectivity index (χ2v) is 12.4. The fourth-order valence-electron chi connectivity index (χ4n) is 7.22. The summed E-state index contributed by atoms with van der Waals surface area (Å²) in [5, 5.41) is 6.71. The van der Waals surface area contributed by atoms with Gasteiger partial charge in [0.2, 0.25) is 17.7 Å². The van der Waals surface area contributed by atoms with Gasteiger partial charge in [-0.2, -0.15) is 0 Å². The van der Waals surface area contributed by atoms with Crippen LogP contribution in [-0.4, -0.2) is 67.2 Å². The molecule has 5 atom stereocenters. The molecule has 2 saturated heterocycles. The van der Waals surface area contributed by atoms with Crippen molar-refractivity contribution < 1.29 is 28.6 Å². The van der Waals surface area contributed by atoms with E-state index in [1.165, 1.54) is 0 Å². The van der Waals surface area contributed by atoms with Gasteiger partial charge in [-0.3, -0.25) is 14.4 Å². The van der Waals surface area contributed by atoms with Crippen LogP contribution in [0, 0.1) is 18.8 Å². The third-order valence-corrected chi connectivity index (χ3v) is 9.81.